The first-order chi connectivity index (χ1) is 12.7. The van der Waals surface area contributed by atoms with Crippen LogP contribution < -0.4 is 10.6 Å². The molecule has 0 bridgehead atoms. The van der Waals surface area contributed by atoms with E-state index in [0.717, 1.165) is 57.2 Å². The van der Waals surface area contributed by atoms with Crippen LogP contribution in [0.5, 0.6) is 0 Å². The first-order valence-electron chi connectivity index (χ1n) is 9.43. The molecule has 2 aliphatic rings. The minimum absolute atomic E-state index is 0.162. The van der Waals surface area contributed by atoms with Crippen molar-refractivity contribution in [1.29, 1.82) is 0 Å². The van der Waals surface area contributed by atoms with Gasteiger partial charge in [0.2, 0.25) is 0 Å². The van der Waals surface area contributed by atoms with E-state index >= 15 is 0 Å². The van der Waals surface area contributed by atoms with Gasteiger partial charge in [0.05, 0.1) is 18.5 Å². The number of aromatic nitrogens is 2. The number of amides is 2. The van der Waals surface area contributed by atoms with Crippen molar-refractivity contribution in [3.05, 3.63) is 41.4 Å². The van der Waals surface area contributed by atoms with Gasteiger partial charge in [-0.05, 0) is 44.2 Å². The molecule has 2 aromatic rings. The molecule has 2 amide bonds. The summed E-state index contributed by atoms with van der Waals surface area (Å²) in [4.78, 5) is 29.8. The van der Waals surface area contributed by atoms with Crippen LogP contribution in [0.4, 0.5) is 0 Å². The highest BCUT2D eigenvalue weighted by molar-refractivity contribution is 5.97. The molecule has 4 rings (SSSR count). The van der Waals surface area contributed by atoms with Gasteiger partial charge in [0.15, 0.2) is 5.82 Å². The number of nitrogens with one attached hydrogen (secondary N) is 2. The van der Waals surface area contributed by atoms with Crippen LogP contribution in [-0.4, -0.2) is 27.4 Å². The molecule has 1 fully saturated rings. The van der Waals surface area contributed by atoms with Gasteiger partial charge in [0.1, 0.15) is 11.5 Å². The molecule has 1 saturated carbocycles. The second kappa shape index (κ2) is 7.35. The van der Waals surface area contributed by atoms with Crippen LogP contribution in [0.1, 0.15) is 71.1 Å². The third-order valence-electron chi connectivity index (χ3n) is 5.23. The SMILES string of the molecule is O=C(NCc1ccco1)c1nc(C(=O)NC2CCCC2)n2c1CCCC2. The van der Waals surface area contributed by atoms with Crippen molar-refractivity contribution in [3.8, 4) is 0 Å². The predicted molar refractivity (Wildman–Crippen MR) is 94.8 cm³/mol. The lowest BCUT2D eigenvalue weighted by Crippen LogP contribution is -2.35. The number of hydrogen-bond acceptors (Lipinski definition) is 4. The standard InChI is InChI=1S/C19H24N4O3/c24-18(20-12-14-8-5-11-26-14)16-15-9-3-4-10-23(15)17(22-16)19(25)21-13-6-1-2-7-13/h5,8,11,13H,1-4,6-7,9-10,12H2,(H,20,24)(H,21,25). The largest absolute Gasteiger partial charge is 0.467 e. The van der Waals surface area contributed by atoms with Crippen molar-refractivity contribution in [2.24, 2.45) is 0 Å². The third-order valence-corrected chi connectivity index (χ3v) is 5.23. The second-order valence-electron chi connectivity index (χ2n) is 7.06. The molecule has 2 aromatic heterocycles. The quantitative estimate of drug-likeness (QED) is 0.861. The highest BCUT2D eigenvalue weighted by Gasteiger charge is 2.28. The number of imidazole rings is 1. The van der Waals surface area contributed by atoms with Gasteiger partial charge in [-0.3, -0.25) is 9.59 Å². The molecule has 1 aliphatic heterocycles. The summed E-state index contributed by atoms with van der Waals surface area (Å²) in [5, 5.41) is 5.92. The number of rotatable bonds is 5. The van der Waals surface area contributed by atoms with E-state index in [0.29, 0.717) is 23.8 Å². The summed E-state index contributed by atoms with van der Waals surface area (Å²) in [6, 6.07) is 3.82. The van der Waals surface area contributed by atoms with Gasteiger partial charge in [-0.15, -0.1) is 0 Å². The fourth-order valence-corrected chi connectivity index (χ4v) is 3.88. The van der Waals surface area contributed by atoms with Gasteiger partial charge in [0, 0.05) is 12.6 Å². The Labute approximate surface area is 152 Å². The van der Waals surface area contributed by atoms with Gasteiger partial charge < -0.3 is 19.6 Å². The maximum atomic E-state index is 12.7. The summed E-state index contributed by atoms with van der Waals surface area (Å²) in [7, 11) is 0. The van der Waals surface area contributed by atoms with Crippen LogP contribution >= 0.6 is 0 Å². The zero-order chi connectivity index (χ0) is 17.9. The lowest BCUT2D eigenvalue weighted by molar-refractivity contribution is 0.0921. The Hall–Kier alpha value is -2.57. The number of carbonyl (C=O) groups excluding carboxylic acids is 2. The van der Waals surface area contributed by atoms with Crippen LogP contribution in [0.25, 0.3) is 0 Å². The smallest absolute Gasteiger partial charge is 0.287 e. The fraction of sp³-hybridized carbons (Fsp3) is 0.526. The number of furan rings is 1. The van der Waals surface area contributed by atoms with Crippen molar-refractivity contribution in [3.63, 3.8) is 0 Å². The number of fused-ring (bicyclic) bond motifs is 1. The van der Waals surface area contributed by atoms with E-state index in [1.807, 2.05) is 10.6 Å². The summed E-state index contributed by atoms with van der Waals surface area (Å²) >= 11 is 0. The number of hydrogen-bond donors (Lipinski definition) is 2. The Morgan fingerprint density at radius 3 is 2.81 bits per heavy atom. The Morgan fingerprint density at radius 1 is 1.19 bits per heavy atom. The number of nitrogens with zero attached hydrogens (tertiary/aromatic N) is 2. The fourth-order valence-electron chi connectivity index (χ4n) is 3.88. The van der Waals surface area contributed by atoms with E-state index in [-0.39, 0.29) is 17.9 Å². The van der Waals surface area contributed by atoms with Gasteiger partial charge >= 0.3 is 0 Å². The van der Waals surface area contributed by atoms with Crippen molar-refractivity contribution in [2.75, 3.05) is 0 Å². The molecule has 3 heterocycles. The van der Waals surface area contributed by atoms with Crippen LogP contribution in [0.2, 0.25) is 0 Å². The molecule has 0 radical (unpaired) electrons. The lowest BCUT2D eigenvalue weighted by Gasteiger charge is -2.18. The predicted octanol–water partition coefficient (Wildman–Crippen LogP) is 2.41. The average Bonchev–Trinajstić information content (AvgIpc) is 3.40. The van der Waals surface area contributed by atoms with Crippen molar-refractivity contribution < 1.29 is 14.0 Å². The highest BCUT2D eigenvalue weighted by atomic mass is 16.3. The molecule has 26 heavy (non-hydrogen) atoms. The first kappa shape index (κ1) is 16.9. The number of carbonyl (C=O) groups is 2. The second-order valence-corrected chi connectivity index (χ2v) is 7.06. The molecule has 2 N–H and O–H groups in total. The molecule has 0 atom stereocenters. The highest BCUT2D eigenvalue weighted by Crippen LogP contribution is 2.23. The molecule has 0 aromatic carbocycles. The minimum Gasteiger partial charge on any atom is -0.467 e. The molecule has 0 spiro atoms. The van der Waals surface area contributed by atoms with E-state index < -0.39 is 0 Å². The topological polar surface area (TPSA) is 89.2 Å². The summed E-state index contributed by atoms with van der Waals surface area (Å²) in [6.07, 6.45) is 8.72. The summed E-state index contributed by atoms with van der Waals surface area (Å²) in [6.45, 7) is 1.04. The zero-order valence-electron chi connectivity index (χ0n) is 14.8. The molecule has 138 valence electrons. The molecular weight excluding hydrogens is 332 g/mol. The Bertz CT molecular complexity index is 788. The zero-order valence-corrected chi connectivity index (χ0v) is 14.8. The summed E-state index contributed by atoms with van der Waals surface area (Å²) < 4.78 is 7.17. The van der Waals surface area contributed by atoms with Crippen molar-refractivity contribution in [1.82, 2.24) is 20.2 Å². The average molecular weight is 356 g/mol. The van der Waals surface area contributed by atoms with E-state index in [1.54, 1.807) is 12.3 Å². The molecule has 0 saturated heterocycles. The van der Waals surface area contributed by atoms with E-state index in [9.17, 15) is 9.59 Å². The van der Waals surface area contributed by atoms with Crippen molar-refractivity contribution in [2.45, 2.75) is 64.1 Å². The summed E-state index contributed by atoms with van der Waals surface area (Å²) in [5.41, 5.74) is 1.23. The van der Waals surface area contributed by atoms with Gasteiger partial charge in [-0.25, -0.2) is 4.98 Å². The van der Waals surface area contributed by atoms with Crippen molar-refractivity contribution >= 4 is 11.8 Å². The van der Waals surface area contributed by atoms with Crippen LogP contribution in [0.15, 0.2) is 22.8 Å². The molecule has 1 aliphatic carbocycles. The van der Waals surface area contributed by atoms with E-state index in [4.69, 9.17) is 4.42 Å². The van der Waals surface area contributed by atoms with E-state index in [2.05, 4.69) is 15.6 Å². The van der Waals surface area contributed by atoms with Gasteiger partial charge in [0.25, 0.3) is 11.8 Å². The summed E-state index contributed by atoms with van der Waals surface area (Å²) in [5.74, 6) is 0.637. The van der Waals surface area contributed by atoms with Crippen LogP contribution in [-0.2, 0) is 19.5 Å². The van der Waals surface area contributed by atoms with Gasteiger partial charge in [-0.2, -0.15) is 0 Å². The Kier molecular flexibility index (Phi) is 4.77. The normalized spacial score (nSPS) is 17.1. The third kappa shape index (κ3) is 3.38. The van der Waals surface area contributed by atoms with E-state index in [1.165, 1.54) is 0 Å². The Balaban J connectivity index is 1.53. The lowest BCUT2D eigenvalue weighted by atomic mass is 10.1. The monoisotopic (exact) mass is 356 g/mol. The molecular formula is C19H24N4O3. The molecule has 7 nitrogen and oxygen atoms in total. The minimum atomic E-state index is -0.257. The maximum absolute atomic E-state index is 12.7. The van der Waals surface area contributed by atoms with Crippen LogP contribution in [0, 0.1) is 0 Å². The first-order valence-corrected chi connectivity index (χ1v) is 9.43. The molecule has 7 heteroatoms. The Morgan fingerprint density at radius 2 is 2.04 bits per heavy atom. The van der Waals surface area contributed by atoms with Crippen LogP contribution in [0.3, 0.4) is 0 Å². The molecule has 0 unspecified atom stereocenters. The maximum Gasteiger partial charge on any atom is 0.287 e. The van der Waals surface area contributed by atoms with Gasteiger partial charge in [-0.1, -0.05) is 12.8 Å².